The minimum Gasteiger partial charge on any atom is -0.373 e. The number of thiophene rings is 1. The molecule has 1 saturated heterocycles. The second kappa shape index (κ2) is 6.71. The lowest BCUT2D eigenvalue weighted by Gasteiger charge is -2.34. The number of nitrogens with one attached hydrogen (secondary N) is 1. The summed E-state index contributed by atoms with van der Waals surface area (Å²) in [6.45, 7) is 6.50. The van der Waals surface area contributed by atoms with Crippen molar-refractivity contribution in [3.63, 3.8) is 0 Å². The Morgan fingerprint density at radius 2 is 1.96 bits per heavy atom. The van der Waals surface area contributed by atoms with Gasteiger partial charge in [-0.05, 0) is 25.5 Å². The Morgan fingerprint density at radius 1 is 1.24 bits per heavy atom. The van der Waals surface area contributed by atoms with Crippen LogP contribution in [-0.4, -0.2) is 40.2 Å². The van der Waals surface area contributed by atoms with E-state index in [4.69, 9.17) is 9.72 Å². The van der Waals surface area contributed by atoms with Gasteiger partial charge in [0, 0.05) is 18.0 Å². The van der Waals surface area contributed by atoms with Crippen LogP contribution in [-0.2, 0) is 11.3 Å². The summed E-state index contributed by atoms with van der Waals surface area (Å²) >= 11 is 1.57. The van der Waals surface area contributed by atoms with Crippen LogP contribution >= 0.6 is 11.3 Å². The molecule has 3 aromatic rings. The fraction of sp³-hybridized carbons (Fsp3) is 0.368. The molecule has 0 spiro atoms. The molecule has 0 aliphatic carbocycles. The van der Waals surface area contributed by atoms with E-state index in [1.165, 1.54) is 0 Å². The number of aromatic nitrogens is 2. The van der Waals surface area contributed by atoms with E-state index in [0.29, 0.717) is 11.9 Å². The molecule has 1 aliphatic heterocycles. The summed E-state index contributed by atoms with van der Waals surface area (Å²) in [5, 5.41) is 0.663. The minimum absolute atomic E-state index is 0.0622. The van der Waals surface area contributed by atoms with E-state index in [9.17, 15) is 4.79 Å². The van der Waals surface area contributed by atoms with Crippen molar-refractivity contribution in [2.24, 2.45) is 0 Å². The lowest BCUT2D eigenvalue weighted by molar-refractivity contribution is -0.0710. The summed E-state index contributed by atoms with van der Waals surface area (Å²) in [5.41, 5.74) is 1.05. The maximum Gasteiger partial charge on any atom is 0.259 e. The van der Waals surface area contributed by atoms with Gasteiger partial charge in [-0.15, -0.1) is 11.3 Å². The molecule has 4 rings (SSSR count). The van der Waals surface area contributed by atoms with Crippen LogP contribution in [0.15, 0.2) is 41.2 Å². The summed E-state index contributed by atoms with van der Waals surface area (Å²) in [7, 11) is 0. The quantitative estimate of drug-likeness (QED) is 0.783. The Kier molecular flexibility index (Phi) is 4.41. The van der Waals surface area contributed by atoms with E-state index in [1.54, 1.807) is 11.3 Å². The molecule has 3 heterocycles. The number of rotatable bonds is 3. The van der Waals surface area contributed by atoms with Gasteiger partial charge in [-0.2, -0.15) is 0 Å². The van der Waals surface area contributed by atoms with E-state index >= 15 is 0 Å². The molecule has 130 valence electrons. The number of benzene rings is 1. The fourth-order valence-electron chi connectivity index (χ4n) is 3.42. The highest BCUT2D eigenvalue weighted by Crippen LogP contribution is 2.30. The standard InChI is InChI=1S/C19H21N3O2S/c1-12-9-22(10-13(2)24-12)11-17-20-18(23)15-8-16(25-19(15)21-17)14-6-4-3-5-7-14/h3-8,12-13H,9-11H2,1-2H3,(H,20,21,23)/t12-,13-/m1/s1. The van der Waals surface area contributed by atoms with Crippen LogP contribution in [0.4, 0.5) is 0 Å². The fourth-order valence-corrected chi connectivity index (χ4v) is 4.48. The summed E-state index contributed by atoms with van der Waals surface area (Å²) in [6.07, 6.45) is 0.399. The van der Waals surface area contributed by atoms with Crippen LogP contribution in [0.1, 0.15) is 19.7 Å². The molecule has 2 atom stereocenters. The Morgan fingerprint density at radius 3 is 2.68 bits per heavy atom. The molecule has 1 fully saturated rings. The minimum atomic E-state index is -0.0622. The van der Waals surface area contributed by atoms with Gasteiger partial charge in [0.05, 0.1) is 24.1 Å². The Bertz CT molecular complexity index is 925. The molecule has 1 N–H and O–H groups in total. The summed E-state index contributed by atoms with van der Waals surface area (Å²) in [4.78, 5) is 24.3. The van der Waals surface area contributed by atoms with Crippen LogP contribution in [0.25, 0.3) is 20.7 Å². The third-order valence-electron chi connectivity index (χ3n) is 4.38. The highest BCUT2D eigenvalue weighted by molar-refractivity contribution is 7.21. The molecular formula is C19H21N3O2S. The van der Waals surface area contributed by atoms with Gasteiger partial charge >= 0.3 is 0 Å². The molecule has 1 aliphatic rings. The highest BCUT2D eigenvalue weighted by Gasteiger charge is 2.23. The molecule has 0 radical (unpaired) electrons. The highest BCUT2D eigenvalue weighted by atomic mass is 32.1. The van der Waals surface area contributed by atoms with Gasteiger partial charge < -0.3 is 9.72 Å². The molecule has 0 saturated carbocycles. The summed E-state index contributed by atoms with van der Waals surface area (Å²) in [6, 6.07) is 12.0. The zero-order valence-electron chi connectivity index (χ0n) is 14.4. The van der Waals surface area contributed by atoms with Gasteiger partial charge in [-0.25, -0.2) is 4.98 Å². The Hall–Kier alpha value is -2.02. The average Bonchev–Trinajstić information content (AvgIpc) is 2.99. The SMILES string of the molecule is C[C@@H]1CN(Cc2nc3sc(-c4ccccc4)cc3c(=O)[nH]2)C[C@@H](C)O1. The average molecular weight is 355 g/mol. The molecule has 0 unspecified atom stereocenters. The van der Waals surface area contributed by atoms with Gasteiger partial charge in [-0.1, -0.05) is 30.3 Å². The first-order valence-electron chi connectivity index (χ1n) is 8.54. The topological polar surface area (TPSA) is 58.2 Å². The number of morpholine rings is 1. The van der Waals surface area contributed by atoms with Gasteiger partial charge in [0.25, 0.3) is 5.56 Å². The van der Waals surface area contributed by atoms with Crippen LogP contribution in [0.3, 0.4) is 0 Å². The van der Waals surface area contributed by atoms with Crippen molar-refractivity contribution in [2.75, 3.05) is 13.1 Å². The predicted octanol–water partition coefficient (Wildman–Crippen LogP) is 3.26. The molecule has 5 nitrogen and oxygen atoms in total. The molecule has 6 heteroatoms. The first-order valence-corrected chi connectivity index (χ1v) is 9.36. The van der Waals surface area contributed by atoms with Crippen molar-refractivity contribution in [3.8, 4) is 10.4 Å². The number of fused-ring (bicyclic) bond motifs is 1. The monoisotopic (exact) mass is 355 g/mol. The van der Waals surface area contributed by atoms with Crippen molar-refractivity contribution in [1.29, 1.82) is 0 Å². The third kappa shape index (κ3) is 3.51. The smallest absolute Gasteiger partial charge is 0.259 e. The second-order valence-electron chi connectivity index (χ2n) is 6.66. The van der Waals surface area contributed by atoms with E-state index in [-0.39, 0.29) is 17.8 Å². The molecule has 0 bridgehead atoms. The molecule has 0 amide bonds. The number of hydrogen-bond donors (Lipinski definition) is 1. The Balaban J connectivity index is 1.64. The number of aromatic amines is 1. The molecule has 2 aromatic heterocycles. The number of hydrogen-bond acceptors (Lipinski definition) is 5. The zero-order chi connectivity index (χ0) is 17.4. The Labute approximate surface area is 150 Å². The first-order chi connectivity index (χ1) is 12.1. The van der Waals surface area contributed by atoms with E-state index < -0.39 is 0 Å². The maximum atomic E-state index is 12.5. The summed E-state index contributed by atoms with van der Waals surface area (Å²) in [5.74, 6) is 0.722. The zero-order valence-corrected chi connectivity index (χ0v) is 15.2. The second-order valence-corrected chi connectivity index (χ2v) is 7.69. The van der Waals surface area contributed by atoms with Gasteiger partial charge in [-0.3, -0.25) is 9.69 Å². The largest absolute Gasteiger partial charge is 0.373 e. The molecular weight excluding hydrogens is 334 g/mol. The van der Waals surface area contributed by atoms with Crippen LogP contribution in [0, 0.1) is 0 Å². The molecule has 25 heavy (non-hydrogen) atoms. The third-order valence-corrected chi connectivity index (χ3v) is 5.46. The van der Waals surface area contributed by atoms with E-state index in [0.717, 1.165) is 34.2 Å². The lowest BCUT2D eigenvalue weighted by Crippen LogP contribution is -2.45. The van der Waals surface area contributed by atoms with Crippen molar-refractivity contribution in [1.82, 2.24) is 14.9 Å². The number of H-pyrrole nitrogens is 1. The first kappa shape index (κ1) is 16.4. The van der Waals surface area contributed by atoms with Crippen molar-refractivity contribution in [3.05, 3.63) is 52.6 Å². The van der Waals surface area contributed by atoms with Crippen molar-refractivity contribution >= 4 is 21.6 Å². The van der Waals surface area contributed by atoms with E-state index in [2.05, 4.69) is 35.9 Å². The van der Waals surface area contributed by atoms with Crippen molar-refractivity contribution in [2.45, 2.75) is 32.6 Å². The van der Waals surface area contributed by atoms with Crippen molar-refractivity contribution < 1.29 is 4.74 Å². The maximum absolute atomic E-state index is 12.5. The van der Waals surface area contributed by atoms with Crippen LogP contribution in [0.5, 0.6) is 0 Å². The summed E-state index contributed by atoms with van der Waals surface area (Å²) < 4.78 is 5.77. The van der Waals surface area contributed by atoms with E-state index in [1.807, 2.05) is 24.3 Å². The lowest BCUT2D eigenvalue weighted by atomic mass is 10.2. The van der Waals surface area contributed by atoms with Gasteiger partial charge in [0.15, 0.2) is 0 Å². The number of nitrogens with zero attached hydrogens (tertiary/aromatic N) is 2. The normalized spacial score (nSPS) is 21.7. The predicted molar refractivity (Wildman–Crippen MR) is 101 cm³/mol. The number of ether oxygens (including phenoxy) is 1. The van der Waals surface area contributed by atoms with Gasteiger partial charge in [0.1, 0.15) is 10.7 Å². The van der Waals surface area contributed by atoms with Crippen LogP contribution in [0.2, 0.25) is 0 Å². The van der Waals surface area contributed by atoms with Gasteiger partial charge in [0.2, 0.25) is 0 Å². The molecule has 1 aromatic carbocycles. The van der Waals surface area contributed by atoms with Crippen LogP contribution < -0.4 is 5.56 Å².